The number of anilines is 1. The Kier molecular flexibility index (Phi) is 6.79. The molecule has 0 radical (unpaired) electrons. The molecular weight excluding hydrogens is 235 g/mol. The topological polar surface area (TPSA) is 61.4 Å². The second-order valence-electron chi connectivity index (χ2n) is 4.03. The van der Waals surface area contributed by atoms with Crippen LogP contribution in [0.25, 0.3) is 0 Å². The summed E-state index contributed by atoms with van der Waals surface area (Å²) in [4.78, 5) is 11.4. The number of amides is 2. The number of rotatable bonds is 7. The number of benzene rings is 1. The first-order valence-corrected chi connectivity index (χ1v) is 6.13. The number of carbonyl (C=O) groups excluding carboxylic acids is 1. The van der Waals surface area contributed by atoms with Crippen molar-refractivity contribution in [2.75, 3.05) is 18.5 Å². The number of hydrogen-bond donors (Lipinski definition) is 3. The van der Waals surface area contributed by atoms with Crippen molar-refractivity contribution < 1.29 is 14.3 Å². The molecule has 5 heteroatoms. The highest BCUT2D eigenvalue weighted by Crippen LogP contribution is 2.07. The molecule has 1 aromatic carbocycles. The van der Waals surface area contributed by atoms with Gasteiger partial charge in [0.25, 0.3) is 0 Å². The Bertz CT molecular complexity index is 355. The van der Waals surface area contributed by atoms with Gasteiger partial charge in [0, 0.05) is 18.8 Å². The fourth-order valence-electron chi connectivity index (χ4n) is 1.50. The van der Waals surface area contributed by atoms with Crippen LogP contribution in [-0.4, -0.2) is 24.3 Å². The number of halogens is 1. The minimum Gasteiger partial charge on any atom is -0.396 e. The third kappa shape index (κ3) is 6.20. The number of aliphatic hydroxyl groups is 1. The molecule has 0 unspecified atom stereocenters. The number of hydrogen-bond acceptors (Lipinski definition) is 2. The van der Waals surface area contributed by atoms with Gasteiger partial charge in [0.05, 0.1) is 0 Å². The van der Waals surface area contributed by atoms with Crippen LogP contribution in [0.3, 0.4) is 0 Å². The summed E-state index contributed by atoms with van der Waals surface area (Å²) in [5.74, 6) is -0.329. The normalized spacial score (nSPS) is 10.1. The average molecular weight is 254 g/mol. The van der Waals surface area contributed by atoms with Gasteiger partial charge in [-0.05, 0) is 37.1 Å². The third-order valence-corrected chi connectivity index (χ3v) is 2.47. The molecular formula is C13H19FN2O2. The summed E-state index contributed by atoms with van der Waals surface area (Å²) in [5.41, 5.74) is 0.564. The molecule has 0 saturated carbocycles. The highest BCUT2D eigenvalue weighted by Gasteiger charge is 2.00. The molecule has 0 aliphatic heterocycles. The standard InChI is InChI=1S/C13H19FN2O2/c14-11-5-7-12(8-6-11)16-13(18)15-9-3-1-2-4-10-17/h5-8,17H,1-4,9-10H2,(H2,15,16,18). The quantitative estimate of drug-likeness (QED) is 0.655. The lowest BCUT2D eigenvalue weighted by atomic mass is 10.2. The number of carbonyl (C=O) groups is 1. The molecule has 0 fully saturated rings. The van der Waals surface area contributed by atoms with Gasteiger partial charge < -0.3 is 15.7 Å². The largest absolute Gasteiger partial charge is 0.396 e. The van der Waals surface area contributed by atoms with Crippen molar-refractivity contribution >= 4 is 11.7 Å². The third-order valence-electron chi connectivity index (χ3n) is 2.47. The monoisotopic (exact) mass is 254 g/mol. The van der Waals surface area contributed by atoms with E-state index in [2.05, 4.69) is 10.6 Å². The van der Waals surface area contributed by atoms with Gasteiger partial charge in [-0.3, -0.25) is 0 Å². The van der Waals surface area contributed by atoms with Gasteiger partial charge >= 0.3 is 6.03 Å². The Morgan fingerprint density at radius 3 is 2.44 bits per heavy atom. The van der Waals surface area contributed by atoms with Crippen LogP contribution in [0.1, 0.15) is 25.7 Å². The summed E-state index contributed by atoms with van der Waals surface area (Å²) < 4.78 is 12.6. The molecule has 1 rings (SSSR count). The summed E-state index contributed by atoms with van der Waals surface area (Å²) in [6.07, 6.45) is 3.65. The predicted octanol–water partition coefficient (Wildman–Crippen LogP) is 2.50. The number of nitrogens with one attached hydrogen (secondary N) is 2. The molecule has 0 spiro atoms. The van der Waals surface area contributed by atoms with Crippen LogP contribution in [0, 0.1) is 5.82 Å². The van der Waals surface area contributed by atoms with Crippen LogP contribution in [-0.2, 0) is 0 Å². The highest BCUT2D eigenvalue weighted by atomic mass is 19.1. The Balaban J connectivity index is 2.12. The van der Waals surface area contributed by atoms with Crippen molar-refractivity contribution in [1.29, 1.82) is 0 Å². The lowest BCUT2D eigenvalue weighted by Crippen LogP contribution is -2.29. The second-order valence-corrected chi connectivity index (χ2v) is 4.03. The van der Waals surface area contributed by atoms with Crippen LogP contribution >= 0.6 is 0 Å². The Morgan fingerprint density at radius 2 is 1.78 bits per heavy atom. The maximum atomic E-state index is 12.6. The lowest BCUT2D eigenvalue weighted by molar-refractivity contribution is 0.251. The first-order chi connectivity index (χ1) is 8.72. The molecule has 0 bridgehead atoms. The van der Waals surface area contributed by atoms with E-state index in [0.717, 1.165) is 25.7 Å². The van der Waals surface area contributed by atoms with E-state index in [0.29, 0.717) is 12.2 Å². The lowest BCUT2D eigenvalue weighted by Gasteiger charge is -2.07. The minimum absolute atomic E-state index is 0.221. The smallest absolute Gasteiger partial charge is 0.319 e. The van der Waals surface area contributed by atoms with Crippen molar-refractivity contribution in [1.82, 2.24) is 5.32 Å². The molecule has 100 valence electrons. The summed E-state index contributed by atoms with van der Waals surface area (Å²) >= 11 is 0. The summed E-state index contributed by atoms with van der Waals surface area (Å²) in [6.45, 7) is 0.816. The number of unbranched alkanes of at least 4 members (excludes halogenated alkanes) is 3. The number of urea groups is 1. The summed E-state index contributed by atoms with van der Waals surface area (Å²) in [7, 11) is 0. The molecule has 3 N–H and O–H groups in total. The van der Waals surface area contributed by atoms with Crippen LogP contribution in [0.4, 0.5) is 14.9 Å². The minimum atomic E-state index is -0.329. The summed E-state index contributed by atoms with van der Waals surface area (Å²) in [6, 6.07) is 5.32. The molecule has 0 aliphatic rings. The van der Waals surface area contributed by atoms with E-state index >= 15 is 0 Å². The average Bonchev–Trinajstić information content (AvgIpc) is 2.36. The first kappa shape index (κ1) is 14.4. The van der Waals surface area contributed by atoms with E-state index in [-0.39, 0.29) is 18.5 Å². The van der Waals surface area contributed by atoms with Crippen molar-refractivity contribution in [3.63, 3.8) is 0 Å². The van der Waals surface area contributed by atoms with Gasteiger partial charge in [-0.15, -0.1) is 0 Å². The predicted molar refractivity (Wildman–Crippen MR) is 69.0 cm³/mol. The van der Waals surface area contributed by atoms with Crippen molar-refractivity contribution in [3.05, 3.63) is 30.1 Å². The Labute approximate surface area is 106 Å². The summed E-state index contributed by atoms with van der Waals surface area (Å²) in [5, 5.41) is 13.9. The SMILES string of the molecule is O=C(NCCCCCCO)Nc1ccc(F)cc1. The molecule has 0 aliphatic carbocycles. The van der Waals surface area contributed by atoms with Crippen LogP contribution in [0.15, 0.2) is 24.3 Å². The zero-order valence-electron chi connectivity index (χ0n) is 10.3. The number of aliphatic hydroxyl groups excluding tert-OH is 1. The zero-order chi connectivity index (χ0) is 13.2. The molecule has 0 heterocycles. The Hall–Kier alpha value is -1.62. The van der Waals surface area contributed by atoms with Gasteiger partial charge in [-0.1, -0.05) is 12.8 Å². The van der Waals surface area contributed by atoms with Gasteiger partial charge in [-0.2, -0.15) is 0 Å². The van der Waals surface area contributed by atoms with Gasteiger partial charge in [0.15, 0.2) is 0 Å². The van der Waals surface area contributed by atoms with E-state index in [4.69, 9.17) is 5.11 Å². The fraction of sp³-hybridized carbons (Fsp3) is 0.462. The molecule has 0 atom stereocenters. The maximum Gasteiger partial charge on any atom is 0.319 e. The van der Waals surface area contributed by atoms with E-state index in [9.17, 15) is 9.18 Å². The van der Waals surface area contributed by atoms with Gasteiger partial charge in [0.2, 0.25) is 0 Å². The maximum absolute atomic E-state index is 12.6. The van der Waals surface area contributed by atoms with E-state index in [1.807, 2.05) is 0 Å². The molecule has 0 saturated heterocycles. The molecule has 18 heavy (non-hydrogen) atoms. The van der Waals surface area contributed by atoms with E-state index < -0.39 is 0 Å². The molecule has 4 nitrogen and oxygen atoms in total. The molecule has 1 aromatic rings. The van der Waals surface area contributed by atoms with Gasteiger partial charge in [0.1, 0.15) is 5.82 Å². The fourth-order valence-corrected chi connectivity index (χ4v) is 1.50. The van der Waals surface area contributed by atoms with E-state index in [1.165, 1.54) is 24.3 Å². The molecule has 2 amide bonds. The van der Waals surface area contributed by atoms with Crippen LogP contribution in [0.5, 0.6) is 0 Å². The molecule has 0 aromatic heterocycles. The second kappa shape index (κ2) is 8.47. The van der Waals surface area contributed by atoms with Crippen LogP contribution < -0.4 is 10.6 Å². The zero-order valence-corrected chi connectivity index (χ0v) is 10.3. The van der Waals surface area contributed by atoms with Crippen molar-refractivity contribution in [3.8, 4) is 0 Å². The van der Waals surface area contributed by atoms with E-state index in [1.54, 1.807) is 0 Å². The van der Waals surface area contributed by atoms with Crippen molar-refractivity contribution in [2.24, 2.45) is 0 Å². The Morgan fingerprint density at radius 1 is 1.11 bits per heavy atom. The highest BCUT2D eigenvalue weighted by molar-refractivity contribution is 5.89. The first-order valence-electron chi connectivity index (χ1n) is 6.13. The van der Waals surface area contributed by atoms with Gasteiger partial charge in [-0.25, -0.2) is 9.18 Å². The van der Waals surface area contributed by atoms with Crippen molar-refractivity contribution in [2.45, 2.75) is 25.7 Å². The van der Waals surface area contributed by atoms with Crippen LogP contribution in [0.2, 0.25) is 0 Å².